The Bertz CT molecular complexity index is 647. The molecular formula is C19H25BrN2OS. The van der Waals surface area contributed by atoms with E-state index in [0.29, 0.717) is 10.7 Å². The van der Waals surface area contributed by atoms with E-state index in [-0.39, 0.29) is 11.3 Å². The lowest BCUT2D eigenvalue weighted by Crippen LogP contribution is -2.53. The van der Waals surface area contributed by atoms with Gasteiger partial charge in [0.05, 0.1) is 5.69 Å². The maximum atomic E-state index is 12.8. The first kappa shape index (κ1) is 15.8. The van der Waals surface area contributed by atoms with Gasteiger partial charge >= 0.3 is 0 Å². The highest BCUT2D eigenvalue weighted by atomic mass is 79.9. The Morgan fingerprint density at radius 1 is 1.21 bits per heavy atom. The Labute approximate surface area is 156 Å². The molecule has 1 N–H and O–H groups in total. The Morgan fingerprint density at radius 3 is 2.67 bits per heavy atom. The van der Waals surface area contributed by atoms with Gasteiger partial charge in [0.15, 0.2) is 5.13 Å². The molecule has 5 aliphatic carbocycles. The number of thiazole rings is 1. The fraction of sp³-hybridized carbons (Fsp3) is 0.789. The van der Waals surface area contributed by atoms with Gasteiger partial charge in [-0.2, -0.15) is 0 Å². The largest absolute Gasteiger partial charge is 0.302 e. The highest BCUT2D eigenvalue weighted by Crippen LogP contribution is 2.65. The zero-order valence-corrected chi connectivity index (χ0v) is 16.5. The minimum absolute atomic E-state index is 0.194. The fourth-order valence-electron chi connectivity index (χ4n) is 6.45. The molecule has 5 heteroatoms. The van der Waals surface area contributed by atoms with Gasteiger partial charge in [0.25, 0.3) is 0 Å². The summed E-state index contributed by atoms with van der Waals surface area (Å²) in [5.41, 5.74) is 1.48. The second kappa shape index (κ2) is 5.54. The third-order valence-corrected chi connectivity index (χ3v) is 8.74. The summed E-state index contributed by atoms with van der Waals surface area (Å²) in [5.74, 6) is 1.87. The maximum Gasteiger partial charge on any atom is 0.226 e. The molecule has 0 spiro atoms. The standard InChI is InChI=1S/C19H25BrN2OS/c20-19-8-12-5-13(9-19)7-18(6-12,11-19)10-16(23)22-17-21-14-3-1-2-4-15(14)24-17/h12-13H,1-11H2,(H,21,22,23)/t12-,13-,18?,19?/m1/s1. The molecule has 24 heavy (non-hydrogen) atoms. The first-order valence-corrected chi connectivity index (χ1v) is 11.1. The van der Waals surface area contributed by atoms with Crippen LogP contribution in [0.2, 0.25) is 0 Å². The van der Waals surface area contributed by atoms with Crippen LogP contribution in [0.3, 0.4) is 0 Å². The van der Waals surface area contributed by atoms with Gasteiger partial charge in [0.2, 0.25) is 5.91 Å². The molecule has 4 fully saturated rings. The summed E-state index contributed by atoms with van der Waals surface area (Å²) in [7, 11) is 0. The van der Waals surface area contributed by atoms with E-state index in [1.165, 1.54) is 61.9 Å². The van der Waals surface area contributed by atoms with Crippen molar-refractivity contribution in [3.05, 3.63) is 10.6 Å². The van der Waals surface area contributed by atoms with Crippen molar-refractivity contribution in [3.8, 4) is 0 Å². The molecule has 4 saturated carbocycles. The number of amides is 1. The minimum atomic E-state index is 0.194. The number of anilines is 1. The number of nitrogens with one attached hydrogen (secondary N) is 1. The quantitative estimate of drug-likeness (QED) is 0.707. The smallest absolute Gasteiger partial charge is 0.226 e. The molecule has 0 unspecified atom stereocenters. The number of hydrogen-bond acceptors (Lipinski definition) is 3. The molecule has 1 amide bonds. The Hall–Kier alpha value is -0.420. The van der Waals surface area contributed by atoms with Crippen LogP contribution in [0.4, 0.5) is 5.13 Å². The van der Waals surface area contributed by atoms with Crippen molar-refractivity contribution in [3.63, 3.8) is 0 Å². The number of hydrogen-bond donors (Lipinski definition) is 1. The van der Waals surface area contributed by atoms with Gasteiger partial charge in [-0.15, -0.1) is 11.3 Å². The second-order valence-electron chi connectivity index (χ2n) is 8.93. The van der Waals surface area contributed by atoms with Crippen LogP contribution < -0.4 is 5.32 Å². The number of carbonyl (C=O) groups is 1. The van der Waals surface area contributed by atoms with Crippen LogP contribution >= 0.6 is 27.3 Å². The van der Waals surface area contributed by atoms with E-state index < -0.39 is 0 Å². The number of aromatic nitrogens is 1. The van der Waals surface area contributed by atoms with Crippen molar-refractivity contribution in [2.45, 2.75) is 75.0 Å². The highest BCUT2D eigenvalue weighted by molar-refractivity contribution is 9.10. The molecule has 1 aromatic rings. The van der Waals surface area contributed by atoms with Crippen molar-refractivity contribution in [2.24, 2.45) is 17.3 Å². The molecule has 0 aliphatic heterocycles. The summed E-state index contributed by atoms with van der Waals surface area (Å²) in [5, 5.41) is 3.98. The average Bonchev–Trinajstić information content (AvgIpc) is 2.85. The van der Waals surface area contributed by atoms with E-state index in [0.717, 1.165) is 29.8 Å². The summed E-state index contributed by atoms with van der Waals surface area (Å²) in [6, 6.07) is 0. The van der Waals surface area contributed by atoms with E-state index in [4.69, 9.17) is 0 Å². The van der Waals surface area contributed by atoms with Gasteiger partial charge in [-0.05, 0) is 81.5 Å². The van der Waals surface area contributed by atoms with Crippen LogP contribution in [0.5, 0.6) is 0 Å². The van der Waals surface area contributed by atoms with Gasteiger partial charge in [-0.1, -0.05) is 15.9 Å². The molecule has 1 heterocycles. The van der Waals surface area contributed by atoms with E-state index in [9.17, 15) is 4.79 Å². The molecule has 130 valence electrons. The number of halogens is 1. The number of fused-ring (bicyclic) bond motifs is 1. The monoisotopic (exact) mass is 408 g/mol. The van der Waals surface area contributed by atoms with Crippen LogP contribution in [0, 0.1) is 17.3 Å². The van der Waals surface area contributed by atoms with Crippen LogP contribution in [-0.2, 0) is 17.6 Å². The van der Waals surface area contributed by atoms with Gasteiger partial charge < -0.3 is 5.32 Å². The van der Waals surface area contributed by atoms with E-state index >= 15 is 0 Å². The summed E-state index contributed by atoms with van der Waals surface area (Å²) < 4.78 is 0.331. The average molecular weight is 409 g/mol. The summed E-state index contributed by atoms with van der Waals surface area (Å²) in [6.07, 6.45) is 13.2. The fourth-order valence-corrected chi connectivity index (χ4v) is 9.03. The molecule has 6 rings (SSSR count). The number of nitrogens with zero attached hydrogens (tertiary/aromatic N) is 1. The first-order chi connectivity index (χ1) is 11.5. The van der Waals surface area contributed by atoms with Crippen LogP contribution in [0.1, 0.15) is 68.4 Å². The minimum Gasteiger partial charge on any atom is -0.302 e. The van der Waals surface area contributed by atoms with Gasteiger partial charge in [0.1, 0.15) is 0 Å². The van der Waals surface area contributed by atoms with Crippen molar-refractivity contribution in [2.75, 3.05) is 5.32 Å². The molecule has 5 aliphatic rings. The van der Waals surface area contributed by atoms with E-state index in [1.807, 2.05) is 0 Å². The number of alkyl halides is 1. The molecule has 0 radical (unpaired) electrons. The molecule has 1 aromatic heterocycles. The maximum absolute atomic E-state index is 12.8. The topological polar surface area (TPSA) is 42.0 Å². The summed E-state index contributed by atoms with van der Waals surface area (Å²) in [4.78, 5) is 18.8. The number of rotatable bonds is 3. The molecule has 4 bridgehead atoms. The molecular weight excluding hydrogens is 384 g/mol. The van der Waals surface area contributed by atoms with Crippen LogP contribution in [-0.4, -0.2) is 15.2 Å². The lowest BCUT2D eigenvalue weighted by atomic mass is 9.48. The zero-order valence-electron chi connectivity index (χ0n) is 14.1. The normalized spacial score (nSPS) is 39.7. The highest BCUT2D eigenvalue weighted by Gasteiger charge is 2.57. The summed E-state index contributed by atoms with van der Waals surface area (Å²) in [6.45, 7) is 0. The van der Waals surface area contributed by atoms with Crippen LogP contribution in [0.15, 0.2) is 0 Å². The molecule has 3 nitrogen and oxygen atoms in total. The first-order valence-electron chi connectivity index (χ1n) is 9.48. The predicted octanol–water partition coefficient (Wildman–Crippen LogP) is 5.08. The third-order valence-electron chi connectivity index (χ3n) is 6.74. The second-order valence-corrected chi connectivity index (χ2v) is 11.7. The molecule has 2 atom stereocenters. The van der Waals surface area contributed by atoms with Crippen molar-refractivity contribution in [1.82, 2.24) is 4.98 Å². The van der Waals surface area contributed by atoms with Gasteiger partial charge in [-0.3, -0.25) is 4.79 Å². The SMILES string of the molecule is O=C(CC12C[C@H]3C[C@@H](CC(Br)(C3)C1)C2)Nc1nc2c(s1)CCCC2. The molecule has 0 aromatic carbocycles. The van der Waals surface area contributed by atoms with Crippen LogP contribution in [0.25, 0.3) is 0 Å². The Kier molecular flexibility index (Phi) is 3.65. The van der Waals surface area contributed by atoms with Crippen molar-refractivity contribution >= 4 is 38.3 Å². The predicted molar refractivity (Wildman–Crippen MR) is 101 cm³/mol. The van der Waals surface area contributed by atoms with Gasteiger partial charge in [-0.25, -0.2) is 4.98 Å². The lowest BCUT2D eigenvalue weighted by Gasteiger charge is -2.60. The lowest BCUT2D eigenvalue weighted by molar-refractivity contribution is -0.123. The van der Waals surface area contributed by atoms with E-state index in [2.05, 4.69) is 26.2 Å². The Morgan fingerprint density at radius 2 is 1.96 bits per heavy atom. The zero-order chi connectivity index (χ0) is 16.4. The number of aryl methyl sites for hydroxylation is 2. The molecule has 0 saturated heterocycles. The van der Waals surface area contributed by atoms with E-state index in [1.54, 1.807) is 11.3 Å². The van der Waals surface area contributed by atoms with Gasteiger partial charge in [0, 0.05) is 15.6 Å². The number of carbonyl (C=O) groups excluding carboxylic acids is 1. The Balaban J connectivity index is 1.29. The summed E-state index contributed by atoms with van der Waals surface area (Å²) >= 11 is 5.75. The third kappa shape index (κ3) is 2.76. The van der Waals surface area contributed by atoms with Crippen molar-refractivity contribution in [1.29, 1.82) is 0 Å². The van der Waals surface area contributed by atoms with Crippen molar-refractivity contribution < 1.29 is 4.79 Å².